The lowest BCUT2D eigenvalue weighted by Crippen LogP contribution is -2.11. The van der Waals surface area contributed by atoms with Gasteiger partial charge in [0.2, 0.25) is 5.91 Å². The summed E-state index contributed by atoms with van der Waals surface area (Å²) in [4.78, 5) is 27.5. The Hall–Kier alpha value is -2.27. The first-order chi connectivity index (χ1) is 9.56. The molecule has 2 rings (SSSR count). The van der Waals surface area contributed by atoms with Crippen molar-refractivity contribution in [3.05, 3.63) is 52.0 Å². The van der Waals surface area contributed by atoms with E-state index in [1.807, 2.05) is 12.3 Å². The number of Topliss-reactive ketones (excluding diaryl/α,β-unsaturated/α-hetero) is 1. The van der Waals surface area contributed by atoms with Gasteiger partial charge in [0.1, 0.15) is 0 Å². The zero-order chi connectivity index (χ0) is 14.5. The van der Waals surface area contributed by atoms with Gasteiger partial charge in [0.15, 0.2) is 5.78 Å². The number of carbonyl (C=O) groups is 2. The number of nitrogens with zero attached hydrogens (tertiary/aromatic N) is 1. The van der Waals surface area contributed by atoms with Crippen LogP contribution in [0.1, 0.15) is 28.0 Å². The van der Waals surface area contributed by atoms with Crippen molar-refractivity contribution in [2.24, 2.45) is 0 Å². The molecule has 1 aromatic carbocycles. The van der Waals surface area contributed by atoms with Gasteiger partial charge in [-0.3, -0.25) is 9.59 Å². The third-order valence-corrected chi connectivity index (χ3v) is 3.40. The predicted molar refractivity (Wildman–Crippen MR) is 81.0 cm³/mol. The van der Waals surface area contributed by atoms with Crippen LogP contribution in [0.25, 0.3) is 6.08 Å². The number of aryl methyl sites for hydroxylation is 1. The van der Waals surface area contributed by atoms with Gasteiger partial charge in [0, 0.05) is 17.0 Å². The molecular weight excluding hydrogens is 272 g/mol. The van der Waals surface area contributed by atoms with Crippen LogP contribution in [0.2, 0.25) is 0 Å². The summed E-state index contributed by atoms with van der Waals surface area (Å²) in [5.41, 5.74) is 1.77. The molecule has 1 N–H and O–H groups in total. The van der Waals surface area contributed by atoms with Crippen molar-refractivity contribution in [2.75, 3.05) is 5.32 Å². The van der Waals surface area contributed by atoms with E-state index in [4.69, 9.17) is 0 Å². The quantitative estimate of drug-likeness (QED) is 0.693. The number of anilines is 1. The summed E-state index contributed by atoms with van der Waals surface area (Å²) in [6.45, 7) is 3.38. The average Bonchev–Trinajstić information content (AvgIpc) is 2.83. The Morgan fingerprint density at radius 1 is 1.30 bits per heavy atom. The molecule has 0 saturated carbocycles. The SMILES string of the molecule is CC(=O)c1ccccc1NC(=O)C=Cc1csc(C)n1. The minimum Gasteiger partial charge on any atom is -0.322 e. The summed E-state index contributed by atoms with van der Waals surface area (Å²) >= 11 is 1.53. The largest absolute Gasteiger partial charge is 0.322 e. The van der Waals surface area contributed by atoms with Gasteiger partial charge in [0.25, 0.3) is 0 Å². The van der Waals surface area contributed by atoms with Gasteiger partial charge in [-0.05, 0) is 32.1 Å². The number of rotatable bonds is 4. The second kappa shape index (κ2) is 6.25. The molecule has 1 amide bonds. The Labute approximate surface area is 121 Å². The molecular formula is C15H14N2O2S. The van der Waals surface area contributed by atoms with E-state index in [1.165, 1.54) is 24.3 Å². The number of para-hydroxylation sites is 1. The summed E-state index contributed by atoms with van der Waals surface area (Å²) in [5, 5.41) is 5.53. The lowest BCUT2D eigenvalue weighted by atomic mass is 10.1. The highest BCUT2D eigenvalue weighted by Gasteiger charge is 2.07. The molecule has 102 valence electrons. The third-order valence-electron chi connectivity index (χ3n) is 2.61. The Balaban J connectivity index is 2.09. The summed E-state index contributed by atoms with van der Waals surface area (Å²) in [6.07, 6.45) is 3.06. The first kappa shape index (κ1) is 14.1. The molecule has 0 saturated heterocycles. The van der Waals surface area contributed by atoms with Gasteiger partial charge in [-0.15, -0.1) is 11.3 Å². The fraction of sp³-hybridized carbons (Fsp3) is 0.133. The zero-order valence-corrected chi connectivity index (χ0v) is 12.0. The molecule has 0 aliphatic carbocycles. The maximum absolute atomic E-state index is 11.8. The second-order valence-electron chi connectivity index (χ2n) is 4.22. The fourth-order valence-corrected chi connectivity index (χ4v) is 2.27. The topological polar surface area (TPSA) is 59.1 Å². The highest BCUT2D eigenvalue weighted by Crippen LogP contribution is 2.15. The maximum atomic E-state index is 11.8. The molecule has 0 bridgehead atoms. The monoisotopic (exact) mass is 286 g/mol. The van der Waals surface area contributed by atoms with Gasteiger partial charge < -0.3 is 5.32 Å². The molecule has 0 aliphatic heterocycles. The van der Waals surface area contributed by atoms with E-state index in [2.05, 4.69) is 10.3 Å². The first-order valence-electron chi connectivity index (χ1n) is 6.07. The van der Waals surface area contributed by atoms with Gasteiger partial charge in [0.05, 0.1) is 16.4 Å². The minimum absolute atomic E-state index is 0.0833. The number of nitrogens with one attached hydrogen (secondary N) is 1. The van der Waals surface area contributed by atoms with E-state index in [-0.39, 0.29) is 11.7 Å². The standard InChI is InChI=1S/C15H14N2O2S/c1-10(18)13-5-3-4-6-14(13)17-15(19)8-7-12-9-20-11(2)16-12/h3-9H,1-2H3,(H,17,19). The zero-order valence-electron chi connectivity index (χ0n) is 11.2. The number of amides is 1. The van der Waals surface area contributed by atoms with E-state index in [0.717, 1.165) is 10.7 Å². The van der Waals surface area contributed by atoms with Crippen LogP contribution in [0.15, 0.2) is 35.7 Å². The molecule has 0 aliphatic rings. The molecule has 2 aromatic rings. The lowest BCUT2D eigenvalue weighted by molar-refractivity contribution is -0.111. The van der Waals surface area contributed by atoms with Crippen LogP contribution in [0.4, 0.5) is 5.69 Å². The summed E-state index contributed by atoms with van der Waals surface area (Å²) in [6, 6.07) is 6.93. The van der Waals surface area contributed by atoms with Crippen LogP contribution in [0, 0.1) is 6.92 Å². The second-order valence-corrected chi connectivity index (χ2v) is 5.28. The number of hydrogen-bond donors (Lipinski definition) is 1. The van der Waals surface area contributed by atoms with Crippen LogP contribution in [-0.4, -0.2) is 16.7 Å². The maximum Gasteiger partial charge on any atom is 0.248 e. The Kier molecular flexibility index (Phi) is 4.42. The molecule has 0 radical (unpaired) electrons. The third kappa shape index (κ3) is 3.61. The van der Waals surface area contributed by atoms with Crippen molar-refractivity contribution in [1.29, 1.82) is 0 Å². The first-order valence-corrected chi connectivity index (χ1v) is 6.95. The predicted octanol–water partition coefficient (Wildman–Crippen LogP) is 3.31. The number of benzene rings is 1. The van der Waals surface area contributed by atoms with Crippen molar-refractivity contribution in [3.63, 3.8) is 0 Å². The summed E-state index contributed by atoms with van der Waals surface area (Å²) in [7, 11) is 0. The van der Waals surface area contributed by atoms with Gasteiger partial charge in [-0.25, -0.2) is 4.98 Å². The van der Waals surface area contributed by atoms with E-state index in [1.54, 1.807) is 30.3 Å². The lowest BCUT2D eigenvalue weighted by Gasteiger charge is -2.06. The Morgan fingerprint density at radius 2 is 2.05 bits per heavy atom. The molecule has 20 heavy (non-hydrogen) atoms. The van der Waals surface area contributed by atoms with Crippen LogP contribution in [0.5, 0.6) is 0 Å². The van der Waals surface area contributed by atoms with Gasteiger partial charge in [-0.1, -0.05) is 12.1 Å². The molecule has 0 spiro atoms. The van der Waals surface area contributed by atoms with Crippen molar-refractivity contribution in [1.82, 2.24) is 4.98 Å². The summed E-state index contributed by atoms with van der Waals surface area (Å²) < 4.78 is 0. The number of ketones is 1. The van der Waals surface area contributed by atoms with Crippen LogP contribution in [-0.2, 0) is 4.79 Å². The number of thiazole rings is 1. The van der Waals surface area contributed by atoms with E-state index in [9.17, 15) is 9.59 Å². The minimum atomic E-state index is -0.288. The molecule has 0 fully saturated rings. The normalized spacial score (nSPS) is 10.7. The highest BCUT2D eigenvalue weighted by molar-refractivity contribution is 7.09. The van der Waals surface area contributed by atoms with E-state index >= 15 is 0 Å². The van der Waals surface area contributed by atoms with Crippen molar-refractivity contribution in [3.8, 4) is 0 Å². The van der Waals surface area contributed by atoms with Gasteiger partial charge >= 0.3 is 0 Å². The molecule has 5 heteroatoms. The van der Waals surface area contributed by atoms with Crippen molar-refractivity contribution >= 4 is 34.8 Å². The molecule has 1 aromatic heterocycles. The Bertz CT molecular complexity index is 674. The Morgan fingerprint density at radius 3 is 2.70 bits per heavy atom. The summed E-state index contributed by atoms with van der Waals surface area (Å²) in [5.74, 6) is -0.371. The van der Waals surface area contributed by atoms with E-state index < -0.39 is 0 Å². The average molecular weight is 286 g/mol. The number of hydrogen-bond acceptors (Lipinski definition) is 4. The number of aromatic nitrogens is 1. The smallest absolute Gasteiger partial charge is 0.248 e. The molecule has 4 nitrogen and oxygen atoms in total. The highest BCUT2D eigenvalue weighted by atomic mass is 32.1. The van der Waals surface area contributed by atoms with E-state index in [0.29, 0.717) is 11.3 Å². The molecule has 1 heterocycles. The van der Waals surface area contributed by atoms with Crippen molar-refractivity contribution < 1.29 is 9.59 Å². The van der Waals surface area contributed by atoms with Crippen LogP contribution >= 0.6 is 11.3 Å². The van der Waals surface area contributed by atoms with Gasteiger partial charge in [-0.2, -0.15) is 0 Å². The number of carbonyl (C=O) groups excluding carboxylic acids is 2. The van der Waals surface area contributed by atoms with Crippen molar-refractivity contribution in [2.45, 2.75) is 13.8 Å². The molecule has 0 atom stereocenters. The molecule has 0 unspecified atom stereocenters. The fourth-order valence-electron chi connectivity index (χ4n) is 1.69. The van der Waals surface area contributed by atoms with Crippen LogP contribution < -0.4 is 5.32 Å². The van der Waals surface area contributed by atoms with Crippen LogP contribution in [0.3, 0.4) is 0 Å².